The van der Waals surface area contributed by atoms with Gasteiger partial charge >= 0.3 is 5.97 Å². The van der Waals surface area contributed by atoms with Crippen LogP contribution < -0.4 is 4.90 Å². The molecule has 0 amide bonds. The number of carboxylic acids is 1. The Morgan fingerprint density at radius 2 is 1.84 bits per heavy atom. The summed E-state index contributed by atoms with van der Waals surface area (Å²) < 4.78 is 3.83. The second kappa shape index (κ2) is 10.6. The molecule has 2 fully saturated rings. The number of aliphatic hydroxyl groups is 1. The fourth-order valence-electron chi connectivity index (χ4n) is 7.17. The Bertz CT molecular complexity index is 1880. The minimum Gasteiger partial charge on any atom is -0.481 e. The Balaban J connectivity index is 1.21. The molecule has 0 bridgehead atoms. The highest BCUT2D eigenvalue weighted by Gasteiger charge is 2.61. The van der Waals surface area contributed by atoms with Crippen LogP contribution in [0.4, 0.5) is 5.82 Å². The summed E-state index contributed by atoms with van der Waals surface area (Å²) >= 11 is 0. The first-order valence-electron chi connectivity index (χ1n) is 15.4. The quantitative estimate of drug-likeness (QED) is 0.226. The summed E-state index contributed by atoms with van der Waals surface area (Å²) in [5.74, 6) is 0.226. The summed E-state index contributed by atoms with van der Waals surface area (Å²) in [6.45, 7) is 10.4. The molecule has 9 nitrogen and oxygen atoms in total. The number of anilines is 1. The van der Waals surface area contributed by atoms with E-state index in [4.69, 9.17) is 15.2 Å². The van der Waals surface area contributed by atoms with E-state index >= 15 is 0 Å². The van der Waals surface area contributed by atoms with Crippen LogP contribution >= 0.6 is 0 Å². The van der Waals surface area contributed by atoms with Crippen molar-refractivity contribution in [2.24, 2.45) is 11.3 Å². The zero-order valence-corrected chi connectivity index (χ0v) is 25.6. The van der Waals surface area contributed by atoms with Crippen molar-refractivity contribution in [3.63, 3.8) is 0 Å². The minimum atomic E-state index is -0.676. The molecule has 5 aromatic rings. The number of nitrogens with zero attached hydrogens (tertiary/aromatic N) is 6. The summed E-state index contributed by atoms with van der Waals surface area (Å²) in [5.41, 5.74) is 7.61. The first kappa shape index (κ1) is 28.3. The number of aromatic nitrogens is 5. The molecule has 4 heterocycles. The van der Waals surface area contributed by atoms with Crippen molar-refractivity contribution >= 4 is 22.7 Å². The SMILES string of the molecule is Cc1nc(N2CCC3(CC3C(=O)O)C2)ccc1-n1nc(-c2cccc3nn(C[C@H](O)c4ccccc4)cc23)c(C(C)C)c1C. The molecule has 1 spiro atoms. The number of aryl methyl sites for hydroxylation is 1. The van der Waals surface area contributed by atoms with E-state index in [-0.39, 0.29) is 17.3 Å². The first-order chi connectivity index (χ1) is 21.1. The van der Waals surface area contributed by atoms with Gasteiger partial charge in [0, 0.05) is 46.9 Å². The molecule has 1 saturated heterocycles. The molecule has 1 aliphatic heterocycles. The molecule has 226 valence electrons. The predicted molar refractivity (Wildman–Crippen MR) is 170 cm³/mol. The second-order valence-electron chi connectivity index (χ2n) is 12.8. The molecule has 1 aliphatic carbocycles. The van der Waals surface area contributed by atoms with E-state index in [1.54, 1.807) is 0 Å². The Morgan fingerprint density at radius 1 is 1.05 bits per heavy atom. The Kier molecular flexibility index (Phi) is 6.81. The van der Waals surface area contributed by atoms with Crippen LogP contribution in [-0.4, -0.2) is 53.8 Å². The predicted octanol–water partition coefficient (Wildman–Crippen LogP) is 6.06. The van der Waals surface area contributed by atoms with E-state index < -0.39 is 12.1 Å². The van der Waals surface area contributed by atoms with Gasteiger partial charge in [0.1, 0.15) is 5.82 Å². The van der Waals surface area contributed by atoms with Crippen LogP contribution in [0.15, 0.2) is 66.9 Å². The Hall–Kier alpha value is -4.50. The number of aliphatic hydroxyl groups excluding tert-OH is 1. The molecule has 9 heteroatoms. The highest BCUT2D eigenvalue weighted by Crippen LogP contribution is 2.58. The molecule has 3 atom stereocenters. The van der Waals surface area contributed by atoms with Crippen molar-refractivity contribution in [2.75, 3.05) is 18.0 Å². The number of hydrogen-bond acceptors (Lipinski definition) is 6. The van der Waals surface area contributed by atoms with Crippen LogP contribution in [0, 0.1) is 25.2 Å². The third-order valence-corrected chi connectivity index (χ3v) is 9.61. The van der Waals surface area contributed by atoms with Crippen LogP contribution in [0.25, 0.3) is 27.8 Å². The lowest BCUT2D eigenvalue weighted by atomic mass is 9.95. The number of rotatable bonds is 8. The normalized spacial score (nSPS) is 20.2. The largest absolute Gasteiger partial charge is 0.481 e. The lowest BCUT2D eigenvalue weighted by Crippen LogP contribution is -2.23. The zero-order valence-electron chi connectivity index (χ0n) is 25.6. The molecule has 2 N–H and O–H groups in total. The average molecular weight is 591 g/mol. The van der Waals surface area contributed by atoms with Crippen molar-refractivity contribution < 1.29 is 15.0 Å². The summed E-state index contributed by atoms with van der Waals surface area (Å²) in [7, 11) is 0. The third kappa shape index (κ3) is 4.76. The van der Waals surface area contributed by atoms with E-state index in [0.717, 1.165) is 76.5 Å². The molecule has 7 rings (SSSR count). The summed E-state index contributed by atoms with van der Waals surface area (Å²) in [6.07, 6.45) is 3.02. The zero-order chi connectivity index (χ0) is 30.7. The number of aliphatic carboxylic acids is 1. The molecule has 2 unspecified atom stereocenters. The Labute approximate surface area is 256 Å². The molecule has 2 aromatic carbocycles. The fraction of sp³-hybridized carbons (Fsp3) is 0.371. The van der Waals surface area contributed by atoms with Gasteiger partial charge in [0.2, 0.25) is 0 Å². The van der Waals surface area contributed by atoms with Gasteiger partial charge in [-0.3, -0.25) is 9.48 Å². The van der Waals surface area contributed by atoms with Gasteiger partial charge in [-0.05, 0) is 56.4 Å². The third-order valence-electron chi connectivity index (χ3n) is 9.61. The molecule has 44 heavy (non-hydrogen) atoms. The number of pyridine rings is 1. The van der Waals surface area contributed by atoms with Crippen molar-refractivity contribution in [2.45, 2.75) is 59.1 Å². The topological polar surface area (TPSA) is 109 Å². The number of hydrogen-bond donors (Lipinski definition) is 2. The van der Waals surface area contributed by atoms with Gasteiger partial charge in [0.25, 0.3) is 0 Å². The highest BCUT2D eigenvalue weighted by atomic mass is 16.4. The van der Waals surface area contributed by atoms with Crippen LogP contribution in [0.2, 0.25) is 0 Å². The number of benzene rings is 2. The molecule has 2 aliphatic rings. The van der Waals surface area contributed by atoms with Gasteiger partial charge in [-0.15, -0.1) is 0 Å². The first-order valence-corrected chi connectivity index (χ1v) is 15.4. The smallest absolute Gasteiger partial charge is 0.307 e. The van der Waals surface area contributed by atoms with Gasteiger partial charge in [-0.1, -0.05) is 56.3 Å². The molecular weight excluding hydrogens is 552 g/mol. The van der Waals surface area contributed by atoms with Gasteiger partial charge in [0.15, 0.2) is 0 Å². The van der Waals surface area contributed by atoms with Crippen molar-refractivity contribution in [1.82, 2.24) is 24.5 Å². The molecule has 1 saturated carbocycles. The number of carboxylic acid groups (broad SMARTS) is 1. The van der Waals surface area contributed by atoms with E-state index in [1.165, 1.54) is 5.56 Å². The van der Waals surface area contributed by atoms with Crippen LogP contribution in [0.5, 0.6) is 0 Å². The molecular formula is C35H38N6O3. The maximum atomic E-state index is 11.5. The summed E-state index contributed by atoms with van der Waals surface area (Å²) in [6, 6.07) is 19.9. The lowest BCUT2D eigenvalue weighted by molar-refractivity contribution is -0.139. The molecule has 0 radical (unpaired) electrons. The summed E-state index contributed by atoms with van der Waals surface area (Å²) in [4.78, 5) is 18.8. The van der Waals surface area contributed by atoms with Gasteiger partial charge < -0.3 is 15.1 Å². The monoisotopic (exact) mass is 590 g/mol. The van der Waals surface area contributed by atoms with Gasteiger partial charge in [0.05, 0.1) is 41.2 Å². The van der Waals surface area contributed by atoms with Crippen LogP contribution in [0.1, 0.15) is 61.2 Å². The highest BCUT2D eigenvalue weighted by molar-refractivity contribution is 5.94. The van der Waals surface area contributed by atoms with Gasteiger partial charge in [-0.25, -0.2) is 9.67 Å². The maximum Gasteiger partial charge on any atom is 0.307 e. The van der Waals surface area contributed by atoms with Crippen LogP contribution in [-0.2, 0) is 11.3 Å². The van der Waals surface area contributed by atoms with Crippen molar-refractivity contribution in [3.8, 4) is 16.9 Å². The number of carbonyl (C=O) groups is 1. The lowest BCUT2D eigenvalue weighted by Gasteiger charge is -2.19. The van der Waals surface area contributed by atoms with E-state index in [9.17, 15) is 15.0 Å². The fourth-order valence-corrected chi connectivity index (χ4v) is 7.17. The van der Waals surface area contributed by atoms with Crippen molar-refractivity contribution in [1.29, 1.82) is 0 Å². The van der Waals surface area contributed by atoms with E-state index in [2.05, 4.69) is 37.8 Å². The Morgan fingerprint density at radius 3 is 2.55 bits per heavy atom. The van der Waals surface area contributed by atoms with E-state index in [0.29, 0.717) is 6.54 Å². The average Bonchev–Trinajstić information content (AvgIpc) is 3.26. The van der Waals surface area contributed by atoms with Gasteiger partial charge in [-0.2, -0.15) is 10.2 Å². The standard InChI is InChI=1S/C35H38N6O3/c1-21(2)32-23(4)41(29-13-14-31(36-22(29)3)39-16-15-35(20-39)17-27(35)34(43)44)38-33(32)25-11-8-12-28-26(25)18-40(37-28)19-30(42)24-9-6-5-7-10-24/h5-14,18,21,27,30,42H,15-17,19-20H2,1-4H3,(H,43,44)/t27?,30-,35?/m0/s1. The molecule has 3 aromatic heterocycles. The summed E-state index contributed by atoms with van der Waals surface area (Å²) in [5, 5.41) is 31.3. The van der Waals surface area contributed by atoms with E-state index in [1.807, 2.05) is 71.0 Å². The number of fused-ring (bicyclic) bond motifs is 1. The minimum absolute atomic E-state index is 0.0891. The maximum absolute atomic E-state index is 11.5. The van der Waals surface area contributed by atoms with Crippen molar-refractivity contribution in [3.05, 3.63) is 89.4 Å². The van der Waals surface area contributed by atoms with Crippen LogP contribution in [0.3, 0.4) is 0 Å². The second-order valence-corrected chi connectivity index (χ2v) is 12.8.